The van der Waals surface area contributed by atoms with Gasteiger partial charge in [-0.1, -0.05) is 6.92 Å². The van der Waals surface area contributed by atoms with Gasteiger partial charge in [-0.25, -0.2) is 0 Å². The lowest BCUT2D eigenvalue weighted by Crippen LogP contribution is -1.99. The Labute approximate surface area is 86.8 Å². The fraction of sp³-hybridized carbons (Fsp3) is 0.300. The van der Waals surface area contributed by atoms with Crippen LogP contribution in [0.25, 0.3) is 0 Å². The van der Waals surface area contributed by atoms with Crippen molar-refractivity contribution in [3.05, 3.63) is 33.9 Å². The predicted molar refractivity (Wildman–Crippen MR) is 54.3 cm³/mol. The molecule has 0 radical (unpaired) electrons. The second-order valence-electron chi connectivity index (χ2n) is 2.95. The fourth-order valence-corrected chi connectivity index (χ4v) is 1.08. The van der Waals surface area contributed by atoms with Crippen molar-refractivity contribution in [3.63, 3.8) is 0 Å². The topological polar surface area (TPSA) is 69.4 Å². The predicted octanol–water partition coefficient (Wildman–Crippen LogP) is 2.20. The molecule has 5 heteroatoms. The zero-order valence-corrected chi connectivity index (χ0v) is 8.30. The van der Waals surface area contributed by atoms with Crippen molar-refractivity contribution in [2.75, 3.05) is 6.61 Å². The Hall–Kier alpha value is -1.91. The highest BCUT2D eigenvalue weighted by Gasteiger charge is 2.10. The second-order valence-corrected chi connectivity index (χ2v) is 2.95. The first-order chi connectivity index (χ1) is 7.19. The van der Waals surface area contributed by atoms with E-state index in [4.69, 9.17) is 4.74 Å². The van der Waals surface area contributed by atoms with E-state index in [1.807, 2.05) is 6.92 Å². The summed E-state index contributed by atoms with van der Waals surface area (Å²) < 4.78 is 5.26. The van der Waals surface area contributed by atoms with Gasteiger partial charge in [-0.2, -0.15) is 0 Å². The van der Waals surface area contributed by atoms with E-state index in [0.29, 0.717) is 18.6 Å². The highest BCUT2D eigenvalue weighted by atomic mass is 16.6. The summed E-state index contributed by atoms with van der Waals surface area (Å²) in [6, 6.07) is 3.97. The van der Waals surface area contributed by atoms with E-state index in [1.54, 1.807) is 0 Å². The first-order valence-electron chi connectivity index (χ1n) is 4.55. The van der Waals surface area contributed by atoms with Crippen molar-refractivity contribution < 1.29 is 14.5 Å². The maximum Gasteiger partial charge on any atom is 0.270 e. The van der Waals surface area contributed by atoms with Crippen molar-refractivity contribution in [2.24, 2.45) is 0 Å². The average molecular weight is 209 g/mol. The van der Waals surface area contributed by atoms with Crippen LogP contribution in [-0.4, -0.2) is 17.8 Å². The van der Waals surface area contributed by atoms with Crippen LogP contribution in [0.1, 0.15) is 23.7 Å². The Morgan fingerprint density at radius 3 is 2.80 bits per heavy atom. The standard InChI is InChI=1S/C10H11NO4/c1-2-5-15-10-4-3-9(11(13)14)6-8(10)7-12/h3-4,6-7H,2,5H2,1H3. The van der Waals surface area contributed by atoms with Gasteiger partial charge in [-0.3, -0.25) is 14.9 Å². The Kier molecular flexibility index (Phi) is 3.79. The molecule has 5 nitrogen and oxygen atoms in total. The Morgan fingerprint density at radius 1 is 1.53 bits per heavy atom. The van der Waals surface area contributed by atoms with Crippen molar-refractivity contribution in [1.29, 1.82) is 0 Å². The number of rotatable bonds is 5. The summed E-state index contributed by atoms with van der Waals surface area (Å²) in [6.07, 6.45) is 1.37. The monoisotopic (exact) mass is 209 g/mol. The number of benzene rings is 1. The van der Waals surface area contributed by atoms with Gasteiger partial charge in [-0.15, -0.1) is 0 Å². The summed E-state index contributed by atoms with van der Waals surface area (Å²) in [5.41, 5.74) is 0.0959. The zero-order chi connectivity index (χ0) is 11.3. The van der Waals surface area contributed by atoms with E-state index in [-0.39, 0.29) is 11.3 Å². The minimum absolute atomic E-state index is 0.110. The molecular weight excluding hydrogens is 198 g/mol. The van der Waals surface area contributed by atoms with Gasteiger partial charge >= 0.3 is 0 Å². The first kappa shape index (κ1) is 11.2. The molecule has 15 heavy (non-hydrogen) atoms. The molecule has 0 fully saturated rings. The third kappa shape index (κ3) is 2.77. The molecule has 0 aliphatic heterocycles. The summed E-state index contributed by atoms with van der Waals surface area (Å²) in [5.74, 6) is 0.387. The lowest BCUT2D eigenvalue weighted by Gasteiger charge is -2.06. The van der Waals surface area contributed by atoms with Gasteiger partial charge in [0, 0.05) is 12.1 Å². The largest absolute Gasteiger partial charge is 0.493 e. The molecule has 0 spiro atoms. The molecular formula is C10H11NO4. The van der Waals surface area contributed by atoms with Gasteiger partial charge in [0.25, 0.3) is 5.69 Å². The van der Waals surface area contributed by atoms with Crippen LogP contribution >= 0.6 is 0 Å². The van der Waals surface area contributed by atoms with Crippen molar-refractivity contribution in [1.82, 2.24) is 0 Å². The Balaban J connectivity index is 2.98. The van der Waals surface area contributed by atoms with Crippen LogP contribution in [0.15, 0.2) is 18.2 Å². The normalized spacial score (nSPS) is 9.67. The van der Waals surface area contributed by atoms with Gasteiger partial charge in [-0.05, 0) is 12.5 Å². The van der Waals surface area contributed by atoms with Crippen LogP contribution in [0.5, 0.6) is 5.75 Å². The highest BCUT2D eigenvalue weighted by Crippen LogP contribution is 2.22. The molecule has 0 aliphatic rings. The van der Waals surface area contributed by atoms with Gasteiger partial charge in [0.15, 0.2) is 6.29 Å². The van der Waals surface area contributed by atoms with Crippen LogP contribution < -0.4 is 4.74 Å². The molecule has 1 rings (SSSR count). The van der Waals surface area contributed by atoms with Crippen LogP contribution in [-0.2, 0) is 0 Å². The molecule has 0 saturated carbocycles. The number of non-ortho nitro benzene ring substituents is 1. The van der Waals surface area contributed by atoms with E-state index in [1.165, 1.54) is 18.2 Å². The van der Waals surface area contributed by atoms with Crippen LogP contribution in [0.2, 0.25) is 0 Å². The molecule has 0 bridgehead atoms. The van der Waals surface area contributed by atoms with Crippen LogP contribution in [0, 0.1) is 10.1 Å². The molecule has 0 aliphatic carbocycles. The summed E-state index contributed by atoms with van der Waals surface area (Å²) in [4.78, 5) is 20.6. The van der Waals surface area contributed by atoms with Crippen molar-refractivity contribution in [2.45, 2.75) is 13.3 Å². The third-order valence-electron chi connectivity index (χ3n) is 1.79. The molecule has 0 amide bonds. The van der Waals surface area contributed by atoms with E-state index in [2.05, 4.69) is 0 Å². The zero-order valence-electron chi connectivity index (χ0n) is 8.30. The van der Waals surface area contributed by atoms with Gasteiger partial charge < -0.3 is 4.74 Å². The smallest absolute Gasteiger partial charge is 0.270 e. The molecule has 0 N–H and O–H groups in total. The quantitative estimate of drug-likeness (QED) is 0.423. The Morgan fingerprint density at radius 2 is 2.27 bits per heavy atom. The van der Waals surface area contributed by atoms with Crippen molar-refractivity contribution >= 4 is 12.0 Å². The number of nitro groups is 1. The highest BCUT2D eigenvalue weighted by molar-refractivity contribution is 5.80. The summed E-state index contributed by atoms with van der Waals surface area (Å²) >= 11 is 0. The first-order valence-corrected chi connectivity index (χ1v) is 4.55. The number of aldehydes is 1. The molecule has 0 heterocycles. The summed E-state index contributed by atoms with van der Waals surface area (Å²) in [5, 5.41) is 10.4. The van der Waals surface area contributed by atoms with E-state index in [9.17, 15) is 14.9 Å². The number of nitro benzene ring substituents is 1. The molecule has 80 valence electrons. The van der Waals surface area contributed by atoms with Crippen molar-refractivity contribution in [3.8, 4) is 5.75 Å². The lowest BCUT2D eigenvalue weighted by molar-refractivity contribution is -0.384. The molecule has 0 aromatic heterocycles. The summed E-state index contributed by atoms with van der Waals surface area (Å²) in [7, 11) is 0. The number of ether oxygens (including phenoxy) is 1. The molecule has 0 unspecified atom stereocenters. The fourth-order valence-electron chi connectivity index (χ4n) is 1.08. The van der Waals surface area contributed by atoms with Crippen LogP contribution in [0.3, 0.4) is 0 Å². The average Bonchev–Trinajstić information content (AvgIpc) is 2.25. The minimum Gasteiger partial charge on any atom is -0.493 e. The molecule has 0 saturated heterocycles. The van der Waals surface area contributed by atoms with Gasteiger partial charge in [0.2, 0.25) is 0 Å². The second kappa shape index (κ2) is 5.09. The Bertz CT molecular complexity index is 376. The minimum atomic E-state index is -0.545. The van der Waals surface area contributed by atoms with Gasteiger partial charge in [0.1, 0.15) is 5.75 Å². The number of carbonyl (C=O) groups is 1. The van der Waals surface area contributed by atoms with E-state index < -0.39 is 4.92 Å². The maximum absolute atomic E-state index is 10.7. The SMILES string of the molecule is CCCOc1ccc([N+](=O)[O-])cc1C=O. The molecule has 0 atom stereocenters. The number of hydrogen-bond donors (Lipinski definition) is 0. The molecule has 1 aromatic rings. The molecule has 1 aromatic carbocycles. The van der Waals surface area contributed by atoms with E-state index >= 15 is 0 Å². The van der Waals surface area contributed by atoms with E-state index in [0.717, 1.165) is 6.42 Å². The number of hydrogen-bond acceptors (Lipinski definition) is 4. The lowest BCUT2D eigenvalue weighted by atomic mass is 10.2. The van der Waals surface area contributed by atoms with Gasteiger partial charge in [0.05, 0.1) is 17.1 Å². The third-order valence-corrected chi connectivity index (χ3v) is 1.79. The van der Waals surface area contributed by atoms with Crippen LogP contribution in [0.4, 0.5) is 5.69 Å². The number of carbonyl (C=O) groups excluding carboxylic acids is 1. The maximum atomic E-state index is 10.7. The summed E-state index contributed by atoms with van der Waals surface area (Å²) in [6.45, 7) is 2.42. The number of nitrogens with zero attached hydrogens (tertiary/aromatic N) is 1.